The molecule has 0 aromatic carbocycles. The van der Waals surface area contributed by atoms with E-state index < -0.39 is 0 Å². The third-order valence-electron chi connectivity index (χ3n) is 4.95. The number of aromatic nitrogens is 3. The van der Waals surface area contributed by atoms with Crippen LogP contribution in [0.25, 0.3) is 0 Å². The van der Waals surface area contributed by atoms with Gasteiger partial charge in [-0.1, -0.05) is 19.1 Å². The van der Waals surface area contributed by atoms with Crippen molar-refractivity contribution in [3.63, 3.8) is 0 Å². The first-order chi connectivity index (χ1) is 11.5. The number of amides is 2. The number of fused-ring (bicyclic) bond motifs is 1. The average Bonchev–Trinajstić information content (AvgIpc) is 2.99. The number of nitrogens with zero attached hydrogens (tertiary/aromatic N) is 4. The van der Waals surface area contributed by atoms with E-state index in [4.69, 9.17) is 4.74 Å². The molecule has 0 unspecified atom stereocenters. The van der Waals surface area contributed by atoms with E-state index in [1.807, 2.05) is 13.8 Å². The second kappa shape index (κ2) is 6.88. The SMILES string of the molecule is COCC1CCN(C(=O)c2nnn3c2C(=O)N[C@@H](C(C)C)C3)CC1. The van der Waals surface area contributed by atoms with E-state index in [-0.39, 0.29) is 29.2 Å². The Balaban J connectivity index is 1.73. The van der Waals surface area contributed by atoms with Crippen molar-refractivity contribution in [1.82, 2.24) is 25.2 Å². The number of hydrogen-bond acceptors (Lipinski definition) is 5. The molecule has 1 N–H and O–H groups in total. The Morgan fingerprint density at radius 2 is 2.08 bits per heavy atom. The van der Waals surface area contributed by atoms with Crippen LogP contribution in [0.5, 0.6) is 0 Å². The highest BCUT2D eigenvalue weighted by Crippen LogP contribution is 2.21. The van der Waals surface area contributed by atoms with Gasteiger partial charge in [-0.2, -0.15) is 0 Å². The summed E-state index contributed by atoms with van der Waals surface area (Å²) in [6, 6.07) is 0.0134. The number of hydrogen-bond donors (Lipinski definition) is 1. The molecule has 132 valence electrons. The number of carbonyl (C=O) groups excluding carboxylic acids is 2. The number of ether oxygens (including phenoxy) is 1. The molecule has 1 aromatic heterocycles. The van der Waals surface area contributed by atoms with E-state index in [0.29, 0.717) is 31.5 Å². The predicted molar refractivity (Wildman–Crippen MR) is 86.6 cm³/mol. The summed E-state index contributed by atoms with van der Waals surface area (Å²) in [5.74, 6) is 0.321. The Hall–Kier alpha value is -1.96. The van der Waals surface area contributed by atoms with E-state index in [9.17, 15) is 9.59 Å². The summed E-state index contributed by atoms with van der Waals surface area (Å²) < 4.78 is 6.75. The first-order valence-corrected chi connectivity index (χ1v) is 8.53. The lowest BCUT2D eigenvalue weighted by Crippen LogP contribution is -2.48. The van der Waals surface area contributed by atoms with Gasteiger partial charge in [-0.05, 0) is 24.7 Å². The molecule has 2 aliphatic heterocycles. The van der Waals surface area contributed by atoms with Gasteiger partial charge in [0.25, 0.3) is 11.8 Å². The molecule has 0 aliphatic carbocycles. The molecule has 0 spiro atoms. The molecule has 8 heteroatoms. The van der Waals surface area contributed by atoms with Crippen molar-refractivity contribution >= 4 is 11.8 Å². The number of methoxy groups -OCH3 is 1. The van der Waals surface area contributed by atoms with Crippen molar-refractivity contribution in [2.24, 2.45) is 11.8 Å². The standard InChI is InChI=1S/C16H25N5O3/c1-10(2)12-8-21-14(15(22)17-12)13(18-19-21)16(23)20-6-4-11(5-7-20)9-24-3/h10-12H,4-9H2,1-3H3,(H,17,22)/t12-/m1/s1. The van der Waals surface area contributed by atoms with E-state index in [2.05, 4.69) is 15.6 Å². The Morgan fingerprint density at radius 1 is 1.38 bits per heavy atom. The van der Waals surface area contributed by atoms with Crippen LogP contribution in [0, 0.1) is 11.8 Å². The first kappa shape index (κ1) is 16.9. The molecule has 0 saturated carbocycles. The van der Waals surface area contributed by atoms with Crippen LogP contribution < -0.4 is 5.32 Å². The molecule has 1 saturated heterocycles. The maximum absolute atomic E-state index is 12.8. The fourth-order valence-electron chi connectivity index (χ4n) is 3.34. The normalized spacial score (nSPS) is 21.8. The van der Waals surface area contributed by atoms with E-state index >= 15 is 0 Å². The highest BCUT2D eigenvalue weighted by Gasteiger charge is 2.35. The van der Waals surface area contributed by atoms with Crippen molar-refractivity contribution in [2.45, 2.75) is 39.3 Å². The summed E-state index contributed by atoms with van der Waals surface area (Å²) in [6.45, 7) is 6.69. The second-order valence-electron chi connectivity index (χ2n) is 6.98. The van der Waals surface area contributed by atoms with Crippen molar-refractivity contribution in [3.05, 3.63) is 11.4 Å². The lowest BCUT2D eigenvalue weighted by atomic mass is 9.97. The van der Waals surface area contributed by atoms with Gasteiger partial charge >= 0.3 is 0 Å². The molecule has 0 radical (unpaired) electrons. The van der Waals surface area contributed by atoms with Crippen LogP contribution >= 0.6 is 0 Å². The first-order valence-electron chi connectivity index (χ1n) is 8.53. The van der Waals surface area contributed by atoms with Crippen molar-refractivity contribution in [3.8, 4) is 0 Å². The van der Waals surface area contributed by atoms with Crippen LogP contribution in [0.4, 0.5) is 0 Å². The molecule has 0 bridgehead atoms. The summed E-state index contributed by atoms with van der Waals surface area (Å²) >= 11 is 0. The highest BCUT2D eigenvalue weighted by atomic mass is 16.5. The zero-order valence-corrected chi connectivity index (χ0v) is 14.5. The van der Waals surface area contributed by atoms with Crippen LogP contribution in [0.15, 0.2) is 0 Å². The smallest absolute Gasteiger partial charge is 0.276 e. The van der Waals surface area contributed by atoms with Gasteiger partial charge in [-0.15, -0.1) is 5.10 Å². The minimum atomic E-state index is -0.262. The van der Waals surface area contributed by atoms with Crippen molar-refractivity contribution in [2.75, 3.05) is 26.8 Å². The van der Waals surface area contributed by atoms with Crippen molar-refractivity contribution < 1.29 is 14.3 Å². The van der Waals surface area contributed by atoms with Gasteiger partial charge in [0.15, 0.2) is 11.4 Å². The van der Waals surface area contributed by atoms with Crippen LogP contribution in [0.3, 0.4) is 0 Å². The van der Waals surface area contributed by atoms with Gasteiger partial charge in [0.1, 0.15) is 0 Å². The molecule has 8 nitrogen and oxygen atoms in total. The molecular formula is C16H25N5O3. The monoisotopic (exact) mass is 335 g/mol. The van der Waals surface area contributed by atoms with E-state index in [1.54, 1.807) is 16.7 Å². The molecule has 1 atom stereocenters. The topological polar surface area (TPSA) is 89.3 Å². The van der Waals surface area contributed by atoms with E-state index in [0.717, 1.165) is 19.4 Å². The van der Waals surface area contributed by atoms with Crippen LogP contribution in [-0.2, 0) is 11.3 Å². The Bertz CT molecular complexity index is 619. The zero-order chi connectivity index (χ0) is 17.3. The summed E-state index contributed by atoms with van der Waals surface area (Å²) in [6.07, 6.45) is 1.81. The predicted octanol–water partition coefficient (Wildman–Crippen LogP) is 0.545. The van der Waals surface area contributed by atoms with Gasteiger partial charge in [0, 0.05) is 26.8 Å². The van der Waals surface area contributed by atoms with Crippen molar-refractivity contribution in [1.29, 1.82) is 0 Å². The third-order valence-corrected chi connectivity index (χ3v) is 4.95. The number of carbonyl (C=O) groups is 2. The molecule has 2 aliphatic rings. The third kappa shape index (κ3) is 3.15. The lowest BCUT2D eigenvalue weighted by molar-refractivity contribution is 0.0603. The van der Waals surface area contributed by atoms with Gasteiger partial charge in [0.2, 0.25) is 0 Å². The number of nitrogens with one attached hydrogen (secondary N) is 1. The minimum absolute atomic E-state index is 0.0134. The van der Waals surface area contributed by atoms with Gasteiger partial charge < -0.3 is 15.0 Å². The zero-order valence-electron chi connectivity index (χ0n) is 14.5. The Labute approximate surface area is 141 Å². The van der Waals surface area contributed by atoms with Gasteiger partial charge in [0.05, 0.1) is 12.6 Å². The van der Waals surface area contributed by atoms with Gasteiger partial charge in [-0.25, -0.2) is 4.68 Å². The summed E-state index contributed by atoms with van der Waals surface area (Å²) in [4.78, 5) is 26.9. The molecule has 2 amide bonds. The molecule has 1 aromatic rings. The average molecular weight is 335 g/mol. The number of piperidine rings is 1. The second-order valence-corrected chi connectivity index (χ2v) is 6.98. The molecule has 3 heterocycles. The van der Waals surface area contributed by atoms with Crippen LogP contribution in [0.1, 0.15) is 47.7 Å². The van der Waals surface area contributed by atoms with Crippen LogP contribution in [-0.4, -0.2) is 64.6 Å². The summed E-state index contributed by atoms with van der Waals surface area (Å²) in [5.41, 5.74) is 0.454. The Morgan fingerprint density at radius 3 is 2.71 bits per heavy atom. The quantitative estimate of drug-likeness (QED) is 0.868. The largest absolute Gasteiger partial charge is 0.384 e. The maximum Gasteiger partial charge on any atom is 0.276 e. The highest BCUT2D eigenvalue weighted by molar-refractivity contribution is 6.05. The van der Waals surface area contributed by atoms with Gasteiger partial charge in [-0.3, -0.25) is 9.59 Å². The fraction of sp³-hybridized carbons (Fsp3) is 0.750. The maximum atomic E-state index is 12.8. The molecular weight excluding hydrogens is 310 g/mol. The molecule has 3 rings (SSSR count). The minimum Gasteiger partial charge on any atom is -0.384 e. The number of likely N-dealkylation sites (tertiary alicyclic amines) is 1. The Kier molecular flexibility index (Phi) is 4.84. The van der Waals surface area contributed by atoms with Crippen LogP contribution in [0.2, 0.25) is 0 Å². The summed E-state index contributed by atoms with van der Waals surface area (Å²) in [7, 11) is 1.70. The summed E-state index contributed by atoms with van der Waals surface area (Å²) in [5, 5.41) is 11.0. The van der Waals surface area contributed by atoms with E-state index in [1.165, 1.54) is 0 Å². The molecule has 24 heavy (non-hydrogen) atoms. The molecule has 1 fully saturated rings. The fourth-order valence-corrected chi connectivity index (χ4v) is 3.34. The lowest BCUT2D eigenvalue weighted by Gasteiger charge is -2.31. The number of rotatable bonds is 4.